The van der Waals surface area contributed by atoms with Crippen LogP contribution in [0.4, 0.5) is 8.78 Å². The van der Waals surface area contributed by atoms with Gasteiger partial charge in [-0.2, -0.15) is 0 Å². The number of amides is 1. The molecule has 0 bridgehead atoms. The van der Waals surface area contributed by atoms with Gasteiger partial charge in [-0.1, -0.05) is 0 Å². The number of hydrogen-bond donors (Lipinski definition) is 2. The fourth-order valence-electron chi connectivity index (χ4n) is 1.81. The van der Waals surface area contributed by atoms with Gasteiger partial charge in [-0.05, 0) is 18.6 Å². The average Bonchev–Trinajstić information content (AvgIpc) is 2.32. The van der Waals surface area contributed by atoms with Crippen LogP contribution in [-0.4, -0.2) is 36.4 Å². The number of rotatable bonds is 2. The maximum absolute atomic E-state index is 13.4. The lowest BCUT2D eigenvalue weighted by Crippen LogP contribution is -2.48. The molecule has 4 nitrogen and oxygen atoms in total. The molecule has 0 saturated carbocycles. The van der Waals surface area contributed by atoms with Crippen molar-refractivity contribution in [2.75, 3.05) is 13.2 Å². The van der Waals surface area contributed by atoms with E-state index in [0.29, 0.717) is 19.1 Å². The van der Waals surface area contributed by atoms with Crippen molar-refractivity contribution in [3.8, 4) is 0 Å². The van der Waals surface area contributed by atoms with Gasteiger partial charge in [0.2, 0.25) is 0 Å². The molecule has 1 heterocycles. The Bertz CT molecular complexity index is 453. The summed E-state index contributed by atoms with van der Waals surface area (Å²) in [7, 11) is 0. The Balaban J connectivity index is 2.07. The Morgan fingerprint density at radius 2 is 2.22 bits per heavy atom. The molecule has 1 aliphatic heterocycles. The van der Waals surface area contributed by atoms with Crippen LogP contribution >= 0.6 is 0 Å². The van der Waals surface area contributed by atoms with E-state index in [-0.39, 0.29) is 12.2 Å². The summed E-state index contributed by atoms with van der Waals surface area (Å²) < 4.78 is 31.1. The molecule has 18 heavy (non-hydrogen) atoms. The molecule has 6 heteroatoms. The summed E-state index contributed by atoms with van der Waals surface area (Å²) in [6, 6.07) is 2.26. The number of ether oxygens (including phenoxy) is 1. The van der Waals surface area contributed by atoms with Crippen molar-refractivity contribution < 1.29 is 23.4 Å². The van der Waals surface area contributed by atoms with Crippen molar-refractivity contribution in [3.63, 3.8) is 0 Å². The second-order valence-electron chi connectivity index (χ2n) is 4.14. The molecule has 1 aliphatic rings. The lowest BCUT2D eigenvalue weighted by molar-refractivity contribution is -0.0261. The molecule has 1 saturated heterocycles. The van der Waals surface area contributed by atoms with Gasteiger partial charge in [-0.15, -0.1) is 0 Å². The Kier molecular flexibility index (Phi) is 3.88. The Hall–Kier alpha value is -1.53. The average molecular weight is 257 g/mol. The molecular weight excluding hydrogens is 244 g/mol. The third kappa shape index (κ3) is 2.83. The molecule has 2 N–H and O–H groups in total. The fourth-order valence-corrected chi connectivity index (χ4v) is 1.81. The minimum atomic E-state index is -0.922. The van der Waals surface area contributed by atoms with Crippen molar-refractivity contribution >= 4 is 5.91 Å². The van der Waals surface area contributed by atoms with E-state index in [1.54, 1.807) is 0 Å². The first-order valence-corrected chi connectivity index (χ1v) is 5.59. The van der Waals surface area contributed by atoms with Gasteiger partial charge in [0.1, 0.15) is 11.6 Å². The van der Waals surface area contributed by atoms with Gasteiger partial charge in [0, 0.05) is 12.7 Å². The normalized spacial score (nSPS) is 23.7. The van der Waals surface area contributed by atoms with Crippen molar-refractivity contribution in [1.82, 2.24) is 5.32 Å². The summed E-state index contributed by atoms with van der Waals surface area (Å²) in [5, 5.41) is 12.1. The van der Waals surface area contributed by atoms with Crippen LogP contribution in [-0.2, 0) is 4.74 Å². The summed E-state index contributed by atoms with van der Waals surface area (Å²) in [5.41, 5.74) is -0.241. The summed E-state index contributed by atoms with van der Waals surface area (Å²) in [5.74, 6) is -2.33. The molecular formula is C12H13F2NO3. The van der Waals surface area contributed by atoms with Crippen LogP contribution in [0.1, 0.15) is 16.8 Å². The Labute approximate surface area is 103 Å². The lowest BCUT2D eigenvalue weighted by atomic mass is 10.1. The van der Waals surface area contributed by atoms with Crippen molar-refractivity contribution in [2.45, 2.75) is 18.6 Å². The SMILES string of the molecule is O=C(N[C@@H]1CCOC[C@H]1O)c1ccc(F)cc1F. The molecule has 1 amide bonds. The van der Waals surface area contributed by atoms with E-state index in [2.05, 4.69) is 5.32 Å². The first-order valence-electron chi connectivity index (χ1n) is 5.59. The molecule has 1 fully saturated rings. The Morgan fingerprint density at radius 3 is 2.89 bits per heavy atom. The first kappa shape index (κ1) is 12.9. The predicted molar refractivity (Wildman–Crippen MR) is 59.1 cm³/mol. The number of aliphatic hydroxyl groups excluding tert-OH is 1. The van der Waals surface area contributed by atoms with E-state index in [9.17, 15) is 18.7 Å². The van der Waals surface area contributed by atoms with E-state index in [4.69, 9.17) is 4.74 Å². The van der Waals surface area contributed by atoms with Gasteiger partial charge in [0.15, 0.2) is 0 Å². The summed E-state index contributed by atoms with van der Waals surface area (Å²) >= 11 is 0. The molecule has 1 aromatic rings. The van der Waals surface area contributed by atoms with E-state index < -0.39 is 29.7 Å². The highest BCUT2D eigenvalue weighted by molar-refractivity contribution is 5.94. The van der Waals surface area contributed by atoms with E-state index in [1.165, 1.54) is 0 Å². The molecule has 2 atom stereocenters. The number of halogens is 2. The predicted octanol–water partition coefficient (Wildman–Crippen LogP) is 0.844. The molecule has 0 radical (unpaired) electrons. The smallest absolute Gasteiger partial charge is 0.254 e. The molecule has 98 valence electrons. The number of nitrogens with one attached hydrogen (secondary N) is 1. The minimum absolute atomic E-state index is 0.136. The van der Waals surface area contributed by atoms with Gasteiger partial charge >= 0.3 is 0 Å². The second kappa shape index (κ2) is 5.41. The summed E-state index contributed by atoms with van der Waals surface area (Å²) in [4.78, 5) is 11.8. The van der Waals surface area contributed by atoms with Gasteiger partial charge < -0.3 is 15.2 Å². The topological polar surface area (TPSA) is 58.6 Å². The number of carbonyl (C=O) groups excluding carboxylic acids is 1. The molecule has 0 aliphatic carbocycles. The molecule has 1 aromatic carbocycles. The van der Waals surface area contributed by atoms with Crippen molar-refractivity contribution in [1.29, 1.82) is 0 Å². The first-order chi connectivity index (χ1) is 8.58. The van der Waals surface area contributed by atoms with E-state index in [0.717, 1.165) is 12.1 Å². The highest BCUT2D eigenvalue weighted by Gasteiger charge is 2.26. The quantitative estimate of drug-likeness (QED) is 0.825. The minimum Gasteiger partial charge on any atom is -0.389 e. The van der Waals surface area contributed by atoms with Crippen molar-refractivity contribution in [2.24, 2.45) is 0 Å². The van der Waals surface area contributed by atoms with Gasteiger partial charge in [-0.25, -0.2) is 8.78 Å². The molecule has 2 rings (SSSR count). The number of aliphatic hydroxyl groups is 1. The zero-order valence-electron chi connectivity index (χ0n) is 9.53. The standard InChI is InChI=1S/C12H13F2NO3/c13-7-1-2-8(9(14)5-7)12(17)15-10-3-4-18-6-11(10)16/h1-2,5,10-11,16H,3-4,6H2,(H,15,17)/t10-,11-/m1/s1. The highest BCUT2D eigenvalue weighted by atomic mass is 19.1. The zero-order chi connectivity index (χ0) is 13.1. The van der Waals surface area contributed by atoms with Gasteiger partial charge in [0.25, 0.3) is 5.91 Å². The monoisotopic (exact) mass is 257 g/mol. The molecule has 0 unspecified atom stereocenters. The second-order valence-corrected chi connectivity index (χ2v) is 4.14. The van der Waals surface area contributed by atoms with Gasteiger partial charge in [-0.3, -0.25) is 4.79 Å². The lowest BCUT2D eigenvalue weighted by Gasteiger charge is -2.28. The summed E-state index contributed by atoms with van der Waals surface area (Å²) in [6.07, 6.45) is -0.360. The van der Waals surface area contributed by atoms with Crippen LogP contribution in [0.25, 0.3) is 0 Å². The third-order valence-electron chi connectivity index (χ3n) is 2.82. The van der Waals surface area contributed by atoms with Crippen LogP contribution in [0.5, 0.6) is 0 Å². The zero-order valence-corrected chi connectivity index (χ0v) is 9.53. The van der Waals surface area contributed by atoms with Crippen LogP contribution < -0.4 is 5.32 Å². The molecule has 0 spiro atoms. The number of benzene rings is 1. The fraction of sp³-hybridized carbons (Fsp3) is 0.417. The van der Waals surface area contributed by atoms with E-state index in [1.807, 2.05) is 0 Å². The van der Waals surface area contributed by atoms with E-state index >= 15 is 0 Å². The maximum atomic E-state index is 13.4. The largest absolute Gasteiger partial charge is 0.389 e. The summed E-state index contributed by atoms with van der Waals surface area (Å²) in [6.45, 7) is 0.560. The molecule has 0 aromatic heterocycles. The van der Waals surface area contributed by atoms with Crippen LogP contribution in [0.2, 0.25) is 0 Å². The van der Waals surface area contributed by atoms with Crippen LogP contribution in [0, 0.1) is 11.6 Å². The van der Waals surface area contributed by atoms with Crippen LogP contribution in [0.3, 0.4) is 0 Å². The maximum Gasteiger partial charge on any atom is 0.254 e. The van der Waals surface area contributed by atoms with Crippen molar-refractivity contribution in [3.05, 3.63) is 35.4 Å². The third-order valence-corrected chi connectivity index (χ3v) is 2.82. The number of carbonyl (C=O) groups is 1. The number of hydrogen-bond acceptors (Lipinski definition) is 3. The highest BCUT2D eigenvalue weighted by Crippen LogP contribution is 2.12. The van der Waals surface area contributed by atoms with Gasteiger partial charge in [0.05, 0.1) is 24.3 Å². The van der Waals surface area contributed by atoms with Crippen LogP contribution in [0.15, 0.2) is 18.2 Å². The Morgan fingerprint density at radius 1 is 1.44 bits per heavy atom.